The fourth-order valence-electron chi connectivity index (χ4n) is 1.71. The van der Waals surface area contributed by atoms with Gasteiger partial charge in [0.1, 0.15) is 10.6 Å². The van der Waals surface area contributed by atoms with Crippen molar-refractivity contribution in [2.24, 2.45) is 0 Å². The van der Waals surface area contributed by atoms with E-state index in [1.54, 1.807) is 12.1 Å². The molecule has 0 aliphatic heterocycles. The minimum Gasteiger partial charge on any atom is -0.435 e. The minimum atomic E-state index is -3.75. The number of hydrogen-bond donors (Lipinski definition) is 1. The molecule has 0 saturated carbocycles. The lowest BCUT2D eigenvalue weighted by atomic mass is 10.2. The summed E-state index contributed by atoms with van der Waals surface area (Å²) in [5.41, 5.74) is 0.595. The molecule has 2 rings (SSSR count). The van der Waals surface area contributed by atoms with E-state index in [9.17, 15) is 17.2 Å². The molecule has 0 radical (unpaired) electrons. The predicted molar refractivity (Wildman–Crippen MR) is 78.6 cm³/mol. The van der Waals surface area contributed by atoms with Crippen LogP contribution in [0.3, 0.4) is 0 Å². The Hall–Kier alpha value is -1.70. The first-order chi connectivity index (χ1) is 10.4. The molecule has 118 valence electrons. The highest BCUT2D eigenvalue weighted by Gasteiger charge is 2.16. The Morgan fingerprint density at radius 3 is 2.32 bits per heavy atom. The third-order valence-corrected chi connectivity index (χ3v) is 4.64. The number of halogens is 3. The Morgan fingerprint density at radius 1 is 1.09 bits per heavy atom. The average Bonchev–Trinajstić information content (AvgIpc) is 2.46. The molecule has 0 heterocycles. The van der Waals surface area contributed by atoms with Gasteiger partial charge in [0.2, 0.25) is 10.0 Å². The molecule has 2 aromatic carbocycles. The van der Waals surface area contributed by atoms with Crippen LogP contribution < -0.4 is 9.46 Å². The molecule has 0 spiro atoms. The average molecular weight is 348 g/mol. The summed E-state index contributed by atoms with van der Waals surface area (Å²) < 4.78 is 54.9. The molecule has 0 unspecified atom stereocenters. The third kappa shape index (κ3) is 4.40. The lowest BCUT2D eigenvalue weighted by Crippen LogP contribution is -2.23. The van der Waals surface area contributed by atoms with Gasteiger partial charge in [0.15, 0.2) is 0 Å². The second-order valence-corrected chi connectivity index (χ2v) is 6.42. The van der Waals surface area contributed by atoms with E-state index in [0.717, 1.165) is 0 Å². The van der Waals surface area contributed by atoms with Gasteiger partial charge in [-0.15, -0.1) is 0 Å². The number of alkyl halides is 2. The van der Waals surface area contributed by atoms with Crippen molar-refractivity contribution in [1.82, 2.24) is 4.72 Å². The van der Waals surface area contributed by atoms with Crippen molar-refractivity contribution in [3.05, 3.63) is 59.1 Å². The standard InChI is InChI=1S/C14H12ClF2NO3S/c15-12-3-1-2-4-13(12)22(19,20)18-9-10-5-7-11(8-6-10)21-14(16)17/h1-8,14,18H,9H2. The van der Waals surface area contributed by atoms with E-state index < -0.39 is 16.6 Å². The normalized spacial score (nSPS) is 11.6. The van der Waals surface area contributed by atoms with Crippen molar-refractivity contribution in [1.29, 1.82) is 0 Å². The van der Waals surface area contributed by atoms with Crippen molar-refractivity contribution in [2.45, 2.75) is 18.1 Å². The Kier molecular flexibility index (Phi) is 5.33. The van der Waals surface area contributed by atoms with E-state index in [-0.39, 0.29) is 22.2 Å². The summed E-state index contributed by atoms with van der Waals surface area (Å²) >= 11 is 5.85. The summed E-state index contributed by atoms with van der Waals surface area (Å²) in [6.45, 7) is -2.90. The number of hydrogen-bond acceptors (Lipinski definition) is 3. The Morgan fingerprint density at radius 2 is 1.73 bits per heavy atom. The SMILES string of the molecule is O=S(=O)(NCc1ccc(OC(F)F)cc1)c1ccccc1Cl. The summed E-state index contributed by atoms with van der Waals surface area (Å²) in [7, 11) is -3.75. The quantitative estimate of drug-likeness (QED) is 0.871. The molecule has 1 N–H and O–H groups in total. The van der Waals surface area contributed by atoms with Crippen molar-refractivity contribution in [2.75, 3.05) is 0 Å². The molecule has 2 aromatic rings. The second kappa shape index (κ2) is 7.04. The fraction of sp³-hybridized carbons (Fsp3) is 0.143. The van der Waals surface area contributed by atoms with Crippen molar-refractivity contribution < 1.29 is 21.9 Å². The number of rotatable bonds is 6. The molecule has 0 aromatic heterocycles. The van der Waals surface area contributed by atoms with Crippen LogP contribution in [-0.4, -0.2) is 15.0 Å². The zero-order valence-electron chi connectivity index (χ0n) is 11.2. The van der Waals surface area contributed by atoms with Crippen molar-refractivity contribution in [3.63, 3.8) is 0 Å². The van der Waals surface area contributed by atoms with Gasteiger partial charge in [-0.25, -0.2) is 13.1 Å². The highest BCUT2D eigenvalue weighted by molar-refractivity contribution is 7.89. The summed E-state index contributed by atoms with van der Waals surface area (Å²) in [6.07, 6.45) is 0. The van der Waals surface area contributed by atoms with E-state index in [1.165, 1.54) is 36.4 Å². The largest absolute Gasteiger partial charge is 0.435 e. The van der Waals surface area contributed by atoms with E-state index in [2.05, 4.69) is 9.46 Å². The molecule has 0 aliphatic rings. The summed E-state index contributed by atoms with van der Waals surface area (Å²) in [5, 5.41) is 0.121. The third-order valence-electron chi connectivity index (χ3n) is 2.74. The highest BCUT2D eigenvalue weighted by Crippen LogP contribution is 2.21. The predicted octanol–water partition coefficient (Wildman–Crippen LogP) is 3.42. The molecule has 8 heteroatoms. The van der Waals surface area contributed by atoms with Crippen LogP contribution in [0.25, 0.3) is 0 Å². The lowest BCUT2D eigenvalue weighted by molar-refractivity contribution is -0.0498. The molecule has 0 bridgehead atoms. The summed E-state index contributed by atoms with van der Waals surface area (Å²) in [6, 6.07) is 11.7. The van der Waals surface area contributed by atoms with Gasteiger partial charge in [-0.05, 0) is 29.8 Å². The lowest BCUT2D eigenvalue weighted by Gasteiger charge is -2.09. The van der Waals surface area contributed by atoms with Gasteiger partial charge in [0, 0.05) is 6.54 Å². The zero-order valence-corrected chi connectivity index (χ0v) is 12.7. The van der Waals surface area contributed by atoms with Crippen LogP contribution in [-0.2, 0) is 16.6 Å². The van der Waals surface area contributed by atoms with Crippen LogP contribution in [0.1, 0.15) is 5.56 Å². The number of nitrogens with one attached hydrogen (secondary N) is 1. The minimum absolute atomic E-state index is 0.00250. The highest BCUT2D eigenvalue weighted by atomic mass is 35.5. The molecule has 0 atom stereocenters. The van der Waals surface area contributed by atoms with Crippen molar-refractivity contribution in [3.8, 4) is 5.75 Å². The molecule has 4 nitrogen and oxygen atoms in total. The maximum atomic E-state index is 12.1. The molecule has 0 amide bonds. The van der Waals surface area contributed by atoms with E-state index >= 15 is 0 Å². The molecule has 0 aliphatic carbocycles. The van der Waals surface area contributed by atoms with Gasteiger partial charge in [-0.1, -0.05) is 35.9 Å². The smallest absolute Gasteiger partial charge is 0.387 e. The molecule has 0 saturated heterocycles. The van der Waals surface area contributed by atoms with Gasteiger partial charge < -0.3 is 4.74 Å². The first-order valence-electron chi connectivity index (χ1n) is 6.16. The van der Waals surface area contributed by atoms with Gasteiger partial charge in [0.05, 0.1) is 5.02 Å². The summed E-state index contributed by atoms with van der Waals surface area (Å²) in [4.78, 5) is -0.0191. The Labute approximate surface area is 131 Å². The zero-order chi connectivity index (χ0) is 16.2. The van der Waals surface area contributed by atoms with Crippen LogP contribution in [0.5, 0.6) is 5.75 Å². The topological polar surface area (TPSA) is 55.4 Å². The molecular formula is C14H12ClF2NO3S. The van der Waals surface area contributed by atoms with Gasteiger partial charge in [0.25, 0.3) is 0 Å². The fourth-order valence-corrected chi connectivity index (χ4v) is 3.24. The number of sulfonamides is 1. The van der Waals surface area contributed by atoms with E-state index in [1.807, 2.05) is 0 Å². The van der Waals surface area contributed by atoms with Crippen LogP contribution in [0.4, 0.5) is 8.78 Å². The molecular weight excluding hydrogens is 336 g/mol. The van der Waals surface area contributed by atoms with Crippen LogP contribution >= 0.6 is 11.6 Å². The molecule has 0 fully saturated rings. The van der Waals surface area contributed by atoms with Gasteiger partial charge in [-0.3, -0.25) is 0 Å². The number of ether oxygens (including phenoxy) is 1. The van der Waals surface area contributed by atoms with Gasteiger partial charge >= 0.3 is 6.61 Å². The second-order valence-electron chi connectivity index (χ2n) is 4.28. The van der Waals surface area contributed by atoms with Crippen LogP contribution in [0, 0.1) is 0 Å². The van der Waals surface area contributed by atoms with E-state index in [4.69, 9.17) is 11.6 Å². The maximum absolute atomic E-state index is 12.1. The van der Waals surface area contributed by atoms with Crippen molar-refractivity contribution >= 4 is 21.6 Å². The molecule has 22 heavy (non-hydrogen) atoms. The van der Waals surface area contributed by atoms with E-state index in [0.29, 0.717) is 5.56 Å². The van der Waals surface area contributed by atoms with Crippen LogP contribution in [0.15, 0.2) is 53.4 Å². The first-order valence-corrected chi connectivity index (χ1v) is 8.02. The summed E-state index contributed by atoms with van der Waals surface area (Å²) in [5.74, 6) is 0.00714. The Balaban J connectivity index is 2.05. The van der Waals surface area contributed by atoms with Gasteiger partial charge in [-0.2, -0.15) is 8.78 Å². The number of benzene rings is 2. The Bertz CT molecular complexity index is 736. The maximum Gasteiger partial charge on any atom is 0.387 e. The first kappa shape index (κ1) is 16.7. The van der Waals surface area contributed by atoms with Crippen LogP contribution in [0.2, 0.25) is 5.02 Å². The monoisotopic (exact) mass is 347 g/mol.